The Morgan fingerprint density at radius 1 is 1.11 bits per heavy atom. The molecule has 0 saturated heterocycles. The standard InChI is InChI=1S/C17H22N2/c1-12-6-8-14(9-7-12)16-11-17(19-18-16)15-5-3-4-13(2)10-15/h3-5,10-12,14H,6-9H2,1-2H3,(H,18,19). The Bertz CT molecular complexity index is 548. The van der Waals surface area contributed by atoms with Crippen LogP contribution in [0.4, 0.5) is 0 Å². The van der Waals surface area contributed by atoms with Crippen LogP contribution in [0.15, 0.2) is 30.3 Å². The Hall–Kier alpha value is -1.57. The molecule has 1 heterocycles. The number of nitrogens with zero attached hydrogens (tertiary/aromatic N) is 1. The Labute approximate surface area is 115 Å². The fourth-order valence-corrected chi connectivity index (χ4v) is 3.07. The number of aryl methyl sites for hydroxylation is 1. The minimum absolute atomic E-state index is 0.683. The highest BCUT2D eigenvalue weighted by molar-refractivity contribution is 5.60. The van der Waals surface area contributed by atoms with Gasteiger partial charge in [-0.1, -0.05) is 43.5 Å². The predicted molar refractivity (Wildman–Crippen MR) is 79.1 cm³/mol. The van der Waals surface area contributed by atoms with E-state index < -0.39 is 0 Å². The summed E-state index contributed by atoms with van der Waals surface area (Å²) in [5.74, 6) is 1.58. The van der Waals surface area contributed by atoms with Crippen molar-refractivity contribution in [2.75, 3.05) is 0 Å². The molecule has 0 amide bonds. The average molecular weight is 254 g/mol. The maximum Gasteiger partial charge on any atom is 0.0923 e. The van der Waals surface area contributed by atoms with E-state index in [1.165, 1.54) is 42.5 Å². The molecule has 3 rings (SSSR count). The van der Waals surface area contributed by atoms with Gasteiger partial charge in [0.25, 0.3) is 0 Å². The number of aromatic nitrogens is 2. The molecule has 1 fully saturated rings. The van der Waals surface area contributed by atoms with Crippen LogP contribution in [0.3, 0.4) is 0 Å². The Morgan fingerprint density at radius 3 is 2.63 bits per heavy atom. The van der Waals surface area contributed by atoms with Crippen molar-refractivity contribution in [3.8, 4) is 11.3 Å². The van der Waals surface area contributed by atoms with E-state index in [9.17, 15) is 0 Å². The van der Waals surface area contributed by atoms with Crippen LogP contribution in [0.1, 0.15) is 49.8 Å². The maximum absolute atomic E-state index is 4.50. The highest BCUT2D eigenvalue weighted by atomic mass is 15.1. The van der Waals surface area contributed by atoms with Gasteiger partial charge in [-0.2, -0.15) is 5.10 Å². The zero-order valence-corrected chi connectivity index (χ0v) is 11.8. The van der Waals surface area contributed by atoms with Gasteiger partial charge in [-0.25, -0.2) is 0 Å². The van der Waals surface area contributed by atoms with E-state index >= 15 is 0 Å². The summed E-state index contributed by atoms with van der Waals surface area (Å²) in [5, 5.41) is 7.76. The predicted octanol–water partition coefficient (Wildman–Crippen LogP) is 4.68. The molecule has 0 unspecified atom stereocenters. The molecule has 2 heteroatoms. The first-order chi connectivity index (χ1) is 9.22. The number of hydrogen-bond donors (Lipinski definition) is 1. The van der Waals surface area contributed by atoms with E-state index in [2.05, 4.69) is 54.4 Å². The molecule has 2 aromatic rings. The number of aromatic amines is 1. The van der Waals surface area contributed by atoms with E-state index in [0.29, 0.717) is 5.92 Å². The van der Waals surface area contributed by atoms with Gasteiger partial charge in [0, 0.05) is 17.2 Å². The van der Waals surface area contributed by atoms with Gasteiger partial charge < -0.3 is 0 Å². The van der Waals surface area contributed by atoms with Gasteiger partial charge in [0.05, 0.1) is 5.69 Å². The van der Waals surface area contributed by atoms with Crippen molar-refractivity contribution < 1.29 is 0 Å². The van der Waals surface area contributed by atoms with E-state index in [-0.39, 0.29) is 0 Å². The zero-order chi connectivity index (χ0) is 13.2. The van der Waals surface area contributed by atoms with Crippen LogP contribution in [0.2, 0.25) is 0 Å². The molecule has 0 radical (unpaired) electrons. The topological polar surface area (TPSA) is 28.7 Å². The third kappa shape index (κ3) is 2.73. The molecule has 0 atom stereocenters. The molecule has 1 aliphatic rings. The molecular weight excluding hydrogens is 232 g/mol. The van der Waals surface area contributed by atoms with Gasteiger partial charge in [-0.3, -0.25) is 5.10 Å². The summed E-state index contributed by atoms with van der Waals surface area (Å²) < 4.78 is 0. The van der Waals surface area contributed by atoms with Crippen LogP contribution in [0.5, 0.6) is 0 Å². The fraction of sp³-hybridized carbons (Fsp3) is 0.471. The van der Waals surface area contributed by atoms with Crippen LogP contribution in [0, 0.1) is 12.8 Å². The minimum Gasteiger partial charge on any atom is -0.282 e. The maximum atomic E-state index is 4.50. The quantitative estimate of drug-likeness (QED) is 0.828. The van der Waals surface area contributed by atoms with Crippen molar-refractivity contribution in [3.05, 3.63) is 41.6 Å². The van der Waals surface area contributed by atoms with Crippen LogP contribution in [-0.4, -0.2) is 10.2 Å². The lowest BCUT2D eigenvalue weighted by atomic mass is 9.81. The van der Waals surface area contributed by atoms with Crippen molar-refractivity contribution in [1.29, 1.82) is 0 Å². The molecule has 1 aliphatic carbocycles. The number of rotatable bonds is 2. The molecule has 1 saturated carbocycles. The second-order valence-electron chi connectivity index (χ2n) is 6.03. The summed E-state index contributed by atoms with van der Waals surface area (Å²) in [6.07, 6.45) is 5.31. The number of nitrogens with one attached hydrogen (secondary N) is 1. The van der Waals surface area contributed by atoms with Gasteiger partial charge in [-0.05, 0) is 37.8 Å². The fourth-order valence-electron chi connectivity index (χ4n) is 3.07. The van der Waals surface area contributed by atoms with Gasteiger partial charge in [-0.15, -0.1) is 0 Å². The van der Waals surface area contributed by atoms with Gasteiger partial charge in [0.15, 0.2) is 0 Å². The van der Waals surface area contributed by atoms with Gasteiger partial charge >= 0.3 is 0 Å². The molecule has 0 aliphatic heterocycles. The molecule has 1 aromatic carbocycles. The second kappa shape index (κ2) is 5.20. The van der Waals surface area contributed by atoms with E-state index in [4.69, 9.17) is 0 Å². The number of benzene rings is 1. The molecule has 0 spiro atoms. The van der Waals surface area contributed by atoms with Crippen LogP contribution in [-0.2, 0) is 0 Å². The van der Waals surface area contributed by atoms with Crippen molar-refractivity contribution in [3.63, 3.8) is 0 Å². The summed E-state index contributed by atoms with van der Waals surface area (Å²) in [6.45, 7) is 4.49. The largest absolute Gasteiger partial charge is 0.282 e. The van der Waals surface area contributed by atoms with Crippen LogP contribution < -0.4 is 0 Å². The van der Waals surface area contributed by atoms with E-state index in [1.54, 1.807) is 0 Å². The summed E-state index contributed by atoms with van der Waals surface area (Å²) in [7, 11) is 0. The first-order valence-corrected chi connectivity index (χ1v) is 7.34. The normalized spacial score (nSPS) is 23.5. The van der Waals surface area contributed by atoms with Crippen molar-refractivity contribution in [2.24, 2.45) is 5.92 Å². The molecule has 0 bridgehead atoms. The van der Waals surface area contributed by atoms with E-state index in [0.717, 1.165) is 11.6 Å². The first kappa shape index (κ1) is 12.5. The lowest BCUT2D eigenvalue weighted by molar-refractivity contribution is 0.344. The van der Waals surface area contributed by atoms with E-state index in [1.807, 2.05) is 0 Å². The third-order valence-corrected chi connectivity index (χ3v) is 4.37. The summed E-state index contributed by atoms with van der Waals surface area (Å²) in [5.41, 5.74) is 4.90. The van der Waals surface area contributed by atoms with Crippen molar-refractivity contribution >= 4 is 0 Å². The highest BCUT2D eigenvalue weighted by Crippen LogP contribution is 2.35. The lowest BCUT2D eigenvalue weighted by Crippen LogP contribution is -2.10. The van der Waals surface area contributed by atoms with Gasteiger partial charge in [0.1, 0.15) is 0 Å². The lowest BCUT2D eigenvalue weighted by Gasteiger charge is -2.24. The molecule has 1 aromatic heterocycles. The minimum atomic E-state index is 0.683. The number of hydrogen-bond acceptors (Lipinski definition) is 1. The molecular formula is C17H22N2. The number of H-pyrrole nitrogens is 1. The monoisotopic (exact) mass is 254 g/mol. The molecule has 19 heavy (non-hydrogen) atoms. The molecule has 2 nitrogen and oxygen atoms in total. The SMILES string of the molecule is Cc1cccc(-c2cc(C3CCC(C)CC3)[nH]n2)c1. The Balaban J connectivity index is 1.80. The summed E-state index contributed by atoms with van der Waals surface area (Å²) in [6, 6.07) is 10.8. The zero-order valence-electron chi connectivity index (χ0n) is 11.8. The molecule has 1 N–H and O–H groups in total. The highest BCUT2D eigenvalue weighted by Gasteiger charge is 2.21. The third-order valence-electron chi connectivity index (χ3n) is 4.37. The Kier molecular flexibility index (Phi) is 3.41. The van der Waals surface area contributed by atoms with Gasteiger partial charge in [0.2, 0.25) is 0 Å². The summed E-state index contributed by atoms with van der Waals surface area (Å²) in [4.78, 5) is 0. The van der Waals surface area contributed by atoms with Crippen molar-refractivity contribution in [1.82, 2.24) is 10.2 Å². The summed E-state index contributed by atoms with van der Waals surface area (Å²) >= 11 is 0. The average Bonchev–Trinajstić information content (AvgIpc) is 2.89. The molecule has 100 valence electrons. The van der Waals surface area contributed by atoms with Crippen LogP contribution >= 0.6 is 0 Å². The smallest absolute Gasteiger partial charge is 0.0923 e. The second-order valence-corrected chi connectivity index (χ2v) is 6.03. The van der Waals surface area contributed by atoms with Crippen molar-refractivity contribution in [2.45, 2.75) is 45.4 Å². The first-order valence-electron chi connectivity index (χ1n) is 7.34. The van der Waals surface area contributed by atoms with Crippen LogP contribution in [0.25, 0.3) is 11.3 Å². The Morgan fingerprint density at radius 2 is 1.89 bits per heavy atom.